The molecular formula is C23H17F3N4O4. The minimum atomic E-state index is -4.63. The molecule has 34 heavy (non-hydrogen) atoms. The van der Waals surface area contributed by atoms with Gasteiger partial charge in [-0.15, -0.1) is 0 Å². The number of methoxy groups -OCH3 is 1. The molecular weight excluding hydrogens is 453 g/mol. The van der Waals surface area contributed by atoms with Crippen molar-refractivity contribution < 1.29 is 27.6 Å². The number of nitro groups is 1. The number of aromatic amines is 1. The standard InChI is InChI=1S/C23H17F3N4O4/c1-34-19-10-8-15(12-18(19)30(32)33)21(31)29-20(13-5-3-2-4-6-13)14-7-9-16-17(11-14)28-22(27-16)23(24,25)26/h2-12,20H,1H3,(H,27,28)(H,29,31). The Kier molecular flexibility index (Phi) is 5.93. The van der Waals surface area contributed by atoms with Crippen molar-refractivity contribution in [3.63, 3.8) is 0 Å². The Balaban J connectivity index is 1.73. The van der Waals surface area contributed by atoms with E-state index in [9.17, 15) is 28.1 Å². The summed E-state index contributed by atoms with van der Waals surface area (Å²) in [5.41, 5.74) is 1.08. The Hall–Kier alpha value is -4.41. The maximum absolute atomic E-state index is 13.0. The monoisotopic (exact) mass is 470 g/mol. The van der Waals surface area contributed by atoms with Gasteiger partial charge in [-0.05, 0) is 35.4 Å². The van der Waals surface area contributed by atoms with Crippen molar-refractivity contribution >= 4 is 22.6 Å². The first-order chi connectivity index (χ1) is 16.2. The van der Waals surface area contributed by atoms with Gasteiger partial charge in [0.1, 0.15) is 0 Å². The number of carbonyl (C=O) groups is 1. The number of carbonyl (C=O) groups excluding carboxylic acids is 1. The summed E-state index contributed by atoms with van der Waals surface area (Å²) in [6.07, 6.45) is -4.63. The van der Waals surface area contributed by atoms with Crippen LogP contribution in [0.5, 0.6) is 5.75 Å². The van der Waals surface area contributed by atoms with Crippen LogP contribution in [0.1, 0.15) is 33.4 Å². The van der Waals surface area contributed by atoms with E-state index in [0.29, 0.717) is 11.1 Å². The summed E-state index contributed by atoms with van der Waals surface area (Å²) in [7, 11) is 1.28. The van der Waals surface area contributed by atoms with E-state index in [1.807, 2.05) is 0 Å². The molecule has 0 aliphatic carbocycles. The fraction of sp³-hybridized carbons (Fsp3) is 0.130. The second-order valence-corrected chi connectivity index (χ2v) is 7.32. The number of alkyl halides is 3. The summed E-state index contributed by atoms with van der Waals surface area (Å²) < 4.78 is 44.1. The van der Waals surface area contributed by atoms with Gasteiger partial charge in [0, 0.05) is 11.6 Å². The Morgan fingerprint density at radius 3 is 2.47 bits per heavy atom. The normalized spacial score (nSPS) is 12.4. The van der Waals surface area contributed by atoms with Crippen molar-refractivity contribution in [1.29, 1.82) is 0 Å². The predicted molar refractivity (Wildman–Crippen MR) is 116 cm³/mol. The summed E-state index contributed by atoms with van der Waals surface area (Å²) in [5.74, 6) is -1.72. The van der Waals surface area contributed by atoms with Gasteiger partial charge in [0.2, 0.25) is 5.82 Å². The second-order valence-electron chi connectivity index (χ2n) is 7.32. The number of aromatic nitrogens is 2. The van der Waals surface area contributed by atoms with Gasteiger partial charge in [-0.1, -0.05) is 36.4 Å². The van der Waals surface area contributed by atoms with Crippen LogP contribution < -0.4 is 10.1 Å². The maximum Gasteiger partial charge on any atom is 0.449 e. The number of ether oxygens (including phenoxy) is 1. The number of imidazole rings is 1. The van der Waals surface area contributed by atoms with Gasteiger partial charge in [0.05, 0.1) is 29.1 Å². The third-order valence-electron chi connectivity index (χ3n) is 5.15. The molecule has 174 valence electrons. The molecule has 11 heteroatoms. The first kappa shape index (κ1) is 22.8. The topological polar surface area (TPSA) is 110 Å². The average molecular weight is 470 g/mol. The molecule has 0 aliphatic rings. The zero-order valence-electron chi connectivity index (χ0n) is 17.6. The van der Waals surface area contributed by atoms with Crippen LogP contribution in [-0.4, -0.2) is 27.9 Å². The number of benzene rings is 3. The zero-order chi connectivity index (χ0) is 24.5. The van der Waals surface area contributed by atoms with Gasteiger partial charge < -0.3 is 15.0 Å². The molecule has 0 aliphatic heterocycles. The Morgan fingerprint density at radius 1 is 1.09 bits per heavy atom. The lowest BCUT2D eigenvalue weighted by molar-refractivity contribution is -0.385. The SMILES string of the molecule is COc1ccc(C(=O)NC(c2ccccc2)c2ccc3nc(C(F)(F)F)[nH]c3c2)cc1[N+](=O)[O-]. The van der Waals surface area contributed by atoms with Crippen molar-refractivity contribution in [2.75, 3.05) is 7.11 Å². The fourth-order valence-corrected chi connectivity index (χ4v) is 3.53. The number of nitro benzene ring substituents is 1. The zero-order valence-corrected chi connectivity index (χ0v) is 17.6. The number of hydrogen-bond acceptors (Lipinski definition) is 5. The van der Waals surface area contributed by atoms with Gasteiger partial charge in [-0.3, -0.25) is 14.9 Å². The van der Waals surface area contributed by atoms with Gasteiger partial charge in [-0.2, -0.15) is 13.2 Å². The number of hydrogen-bond donors (Lipinski definition) is 2. The molecule has 0 saturated heterocycles. The number of fused-ring (bicyclic) bond motifs is 1. The van der Waals surface area contributed by atoms with E-state index in [1.165, 1.54) is 31.4 Å². The molecule has 2 N–H and O–H groups in total. The van der Waals surface area contributed by atoms with Gasteiger partial charge >= 0.3 is 11.9 Å². The Morgan fingerprint density at radius 2 is 1.82 bits per heavy atom. The third-order valence-corrected chi connectivity index (χ3v) is 5.15. The van der Waals surface area contributed by atoms with E-state index in [0.717, 1.165) is 6.07 Å². The molecule has 4 aromatic rings. The molecule has 1 atom stereocenters. The van der Waals surface area contributed by atoms with Gasteiger partial charge in [-0.25, -0.2) is 4.98 Å². The van der Waals surface area contributed by atoms with E-state index < -0.39 is 28.9 Å². The van der Waals surface area contributed by atoms with Crippen LogP contribution in [0, 0.1) is 10.1 Å². The second kappa shape index (κ2) is 8.85. The van der Waals surface area contributed by atoms with Crippen molar-refractivity contribution in [1.82, 2.24) is 15.3 Å². The van der Waals surface area contributed by atoms with Crippen molar-refractivity contribution in [3.05, 3.63) is 99.4 Å². The highest BCUT2D eigenvalue weighted by Gasteiger charge is 2.34. The lowest BCUT2D eigenvalue weighted by atomic mass is 9.97. The van der Waals surface area contributed by atoms with Crippen LogP contribution in [0.4, 0.5) is 18.9 Å². The molecule has 0 spiro atoms. The molecule has 1 aromatic heterocycles. The maximum atomic E-state index is 13.0. The fourth-order valence-electron chi connectivity index (χ4n) is 3.53. The number of H-pyrrole nitrogens is 1. The number of nitrogens with one attached hydrogen (secondary N) is 2. The molecule has 0 fully saturated rings. The molecule has 1 unspecified atom stereocenters. The average Bonchev–Trinajstić information content (AvgIpc) is 3.26. The van der Waals surface area contributed by atoms with Crippen LogP contribution in [-0.2, 0) is 6.18 Å². The number of amides is 1. The van der Waals surface area contributed by atoms with Crippen LogP contribution in [0.3, 0.4) is 0 Å². The first-order valence-electron chi connectivity index (χ1n) is 9.92. The quantitative estimate of drug-likeness (QED) is 0.304. The number of halogens is 3. The Labute approximate surface area is 190 Å². The Bertz CT molecular complexity index is 1370. The highest BCUT2D eigenvalue weighted by Crippen LogP contribution is 2.31. The largest absolute Gasteiger partial charge is 0.490 e. The molecule has 0 bridgehead atoms. The minimum absolute atomic E-state index is 0.00586. The molecule has 8 nitrogen and oxygen atoms in total. The van der Waals surface area contributed by atoms with E-state index in [2.05, 4.69) is 15.3 Å². The minimum Gasteiger partial charge on any atom is -0.490 e. The van der Waals surface area contributed by atoms with E-state index in [1.54, 1.807) is 36.4 Å². The molecule has 3 aromatic carbocycles. The van der Waals surface area contributed by atoms with E-state index in [4.69, 9.17) is 4.74 Å². The van der Waals surface area contributed by atoms with Crippen LogP contribution in [0.2, 0.25) is 0 Å². The van der Waals surface area contributed by atoms with Crippen LogP contribution in [0.25, 0.3) is 11.0 Å². The number of nitrogens with zero attached hydrogens (tertiary/aromatic N) is 2. The summed E-state index contributed by atoms with van der Waals surface area (Å²) in [6, 6.07) is 16.3. The highest BCUT2D eigenvalue weighted by atomic mass is 19.4. The summed E-state index contributed by atoms with van der Waals surface area (Å²) >= 11 is 0. The molecule has 4 rings (SSSR count). The van der Waals surface area contributed by atoms with Gasteiger partial charge in [0.25, 0.3) is 5.91 Å². The predicted octanol–water partition coefficient (Wildman–Crippen LogP) is 5.02. The molecule has 1 amide bonds. The molecule has 1 heterocycles. The van der Waals surface area contributed by atoms with Crippen LogP contribution in [0.15, 0.2) is 66.7 Å². The number of rotatable bonds is 6. The highest BCUT2D eigenvalue weighted by molar-refractivity contribution is 5.95. The van der Waals surface area contributed by atoms with E-state index >= 15 is 0 Å². The van der Waals surface area contributed by atoms with Crippen LogP contribution >= 0.6 is 0 Å². The van der Waals surface area contributed by atoms with Crippen molar-refractivity contribution in [2.24, 2.45) is 0 Å². The summed E-state index contributed by atoms with van der Waals surface area (Å²) in [4.78, 5) is 29.5. The summed E-state index contributed by atoms with van der Waals surface area (Å²) in [5, 5.41) is 14.1. The summed E-state index contributed by atoms with van der Waals surface area (Å²) in [6.45, 7) is 0. The van der Waals surface area contributed by atoms with Crippen molar-refractivity contribution in [3.8, 4) is 5.75 Å². The first-order valence-corrected chi connectivity index (χ1v) is 9.92. The van der Waals surface area contributed by atoms with E-state index in [-0.39, 0.29) is 28.0 Å². The third kappa shape index (κ3) is 4.53. The van der Waals surface area contributed by atoms with Crippen molar-refractivity contribution in [2.45, 2.75) is 12.2 Å². The van der Waals surface area contributed by atoms with Gasteiger partial charge in [0.15, 0.2) is 5.75 Å². The molecule has 0 radical (unpaired) electrons. The lowest BCUT2D eigenvalue weighted by Gasteiger charge is -2.20. The molecule has 0 saturated carbocycles. The smallest absolute Gasteiger partial charge is 0.449 e. The lowest BCUT2D eigenvalue weighted by Crippen LogP contribution is -2.29.